The molecule has 2 aromatic carbocycles. The number of benzene rings is 2. The van der Waals surface area contributed by atoms with Crippen LogP contribution in [-0.4, -0.2) is 25.8 Å². The number of nitrogens with zero attached hydrogens (tertiary/aromatic N) is 1. The first kappa shape index (κ1) is 17.5. The zero-order chi connectivity index (χ0) is 18.5. The maximum atomic E-state index is 12.3. The second-order valence-electron chi connectivity index (χ2n) is 5.59. The summed E-state index contributed by atoms with van der Waals surface area (Å²) in [6.45, 7) is 4.28. The fraction of sp³-hybridized carbons (Fsp3) is 0.200. The predicted molar refractivity (Wildman–Crippen MR) is 100 cm³/mol. The summed E-state index contributed by atoms with van der Waals surface area (Å²) in [6, 6.07) is 12.9. The molecule has 1 amide bonds. The fourth-order valence-corrected chi connectivity index (χ4v) is 2.65. The molecule has 0 radical (unpaired) electrons. The quantitative estimate of drug-likeness (QED) is 0.539. The first-order chi connectivity index (χ1) is 12.6. The highest BCUT2D eigenvalue weighted by Crippen LogP contribution is 2.27. The number of carbonyl (C=O) groups excluding carboxylic acids is 1. The van der Waals surface area contributed by atoms with Gasteiger partial charge < -0.3 is 13.9 Å². The second kappa shape index (κ2) is 7.74. The number of furan rings is 1. The lowest BCUT2D eigenvalue weighted by Crippen LogP contribution is -2.17. The molecule has 0 fully saturated rings. The van der Waals surface area contributed by atoms with Crippen LogP contribution in [0, 0.1) is 6.92 Å². The highest BCUT2D eigenvalue weighted by atomic mass is 16.5. The minimum absolute atomic E-state index is 0.257. The van der Waals surface area contributed by atoms with E-state index in [2.05, 4.69) is 10.5 Å². The number of hydrogen-bond donors (Lipinski definition) is 1. The van der Waals surface area contributed by atoms with Crippen molar-refractivity contribution in [1.82, 2.24) is 5.43 Å². The van der Waals surface area contributed by atoms with E-state index in [1.54, 1.807) is 19.2 Å². The third kappa shape index (κ3) is 3.54. The van der Waals surface area contributed by atoms with Crippen LogP contribution in [-0.2, 0) is 0 Å². The van der Waals surface area contributed by atoms with E-state index in [0.717, 1.165) is 16.5 Å². The Morgan fingerprint density at radius 3 is 2.77 bits per heavy atom. The Balaban J connectivity index is 1.74. The fourth-order valence-electron chi connectivity index (χ4n) is 2.65. The van der Waals surface area contributed by atoms with Crippen molar-refractivity contribution in [2.24, 2.45) is 5.10 Å². The average molecular weight is 352 g/mol. The van der Waals surface area contributed by atoms with Gasteiger partial charge in [0.05, 0.1) is 19.9 Å². The van der Waals surface area contributed by atoms with Crippen molar-refractivity contribution in [2.45, 2.75) is 13.8 Å². The summed E-state index contributed by atoms with van der Waals surface area (Å²) in [5, 5.41) is 4.92. The Morgan fingerprint density at radius 1 is 1.23 bits per heavy atom. The van der Waals surface area contributed by atoms with Gasteiger partial charge in [0, 0.05) is 10.9 Å². The van der Waals surface area contributed by atoms with Gasteiger partial charge in [-0.2, -0.15) is 5.10 Å². The van der Waals surface area contributed by atoms with Crippen molar-refractivity contribution in [3.8, 4) is 11.5 Å². The van der Waals surface area contributed by atoms with E-state index >= 15 is 0 Å². The van der Waals surface area contributed by atoms with Gasteiger partial charge in [0.1, 0.15) is 5.58 Å². The molecule has 0 spiro atoms. The number of hydrazone groups is 1. The number of para-hydroxylation sites is 1. The number of ether oxygens (including phenoxy) is 2. The molecule has 0 saturated heterocycles. The van der Waals surface area contributed by atoms with Crippen molar-refractivity contribution in [2.75, 3.05) is 13.7 Å². The van der Waals surface area contributed by atoms with Gasteiger partial charge in [-0.25, -0.2) is 5.43 Å². The SMILES string of the molecule is CCOc1cc(/C=N\NC(=O)c2oc3ccccc3c2C)ccc1OC. The predicted octanol–water partition coefficient (Wildman–Crippen LogP) is 3.91. The standard InChI is InChI=1S/C20H20N2O4/c1-4-25-18-11-14(9-10-17(18)24-3)12-21-22-20(23)19-13(2)15-7-5-6-8-16(15)26-19/h5-12H,4H2,1-3H3,(H,22,23)/b21-12-. The molecule has 0 aliphatic heterocycles. The van der Waals surface area contributed by atoms with Crippen LogP contribution in [0.5, 0.6) is 11.5 Å². The third-order valence-electron chi connectivity index (χ3n) is 3.92. The molecule has 0 atom stereocenters. The lowest BCUT2D eigenvalue weighted by molar-refractivity contribution is 0.0929. The molecule has 1 N–H and O–H groups in total. The van der Waals surface area contributed by atoms with Crippen molar-refractivity contribution < 1.29 is 18.7 Å². The number of aryl methyl sites for hydroxylation is 1. The van der Waals surface area contributed by atoms with Gasteiger partial charge >= 0.3 is 5.91 Å². The molecule has 6 heteroatoms. The van der Waals surface area contributed by atoms with Crippen molar-refractivity contribution >= 4 is 23.1 Å². The molecular formula is C20H20N2O4. The van der Waals surface area contributed by atoms with Crippen LogP contribution in [0.25, 0.3) is 11.0 Å². The van der Waals surface area contributed by atoms with Gasteiger partial charge in [0.15, 0.2) is 17.3 Å². The van der Waals surface area contributed by atoms with E-state index in [0.29, 0.717) is 23.7 Å². The molecule has 1 heterocycles. The van der Waals surface area contributed by atoms with Gasteiger partial charge in [-0.1, -0.05) is 18.2 Å². The first-order valence-electron chi connectivity index (χ1n) is 8.26. The maximum Gasteiger partial charge on any atom is 0.307 e. The van der Waals surface area contributed by atoms with E-state index in [9.17, 15) is 4.79 Å². The summed E-state index contributed by atoms with van der Waals surface area (Å²) in [7, 11) is 1.58. The molecule has 0 bridgehead atoms. The summed E-state index contributed by atoms with van der Waals surface area (Å²) >= 11 is 0. The molecule has 3 rings (SSSR count). The summed E-state index contributed by atoms with van der Waals surface area (Å²) in [6.07, 6.45) is 1.54. The lowest BCUT2D eigenvalue weighted by Gasteiger charge is -2.09. The molecule has 0 unspecified atom stereocenters. The molecule has 3 aromatic rings. The van der Waals surface area contributed by atoms with Gasteiger partial charge in [-0.3, -0.25) is 4.79 Å². The van der Waals surface area contributed by atoms with Crippen LogP contribution in [0.2, 0.25) is 0 Å². The number of amides is 1. The van der Waals surface area contributed by atoms with Gasteiger partial charge in [0.25, 0.3) is 0 Å². The van der Waals surface area contributed by atoms with E-state index in [4.69, 9.17) is 13.9 Å². The van der Waals surface area contributed by atoms with E-state index < -0.39 is 5.91 Å². The Morgan fingerprint density at radius 2 is 2.04 bits per heavy atom. The smallest absolute Gasteiger partial charge is 0.307 e. The van der Waals surface area contributed by atoms with Crippen LogP contribution in [0.15, 0.2) is 52.0 Å². The Kier molecular flexibility index (Phi) is 5.22. The van der Waals surface area contributed by atoms with E-state index in [-0.39, 0.29) is 5.76 Å². The van der Waals surface area contributed by atoms with Crippen LogP contribution in [0.3, 0.4) is 0 Å². The van der Waals surface area contributed by atoms with Crippen LogP contribution in [0.4, 0.5) is 0 Å². The molecule has 134 valence electrons. The van der Waals surface area contributed by atoms with Gasteiger partial charge in [-0.15, -0.1) is 0 Å². The molecule has 0 saturated carbocycles. The maximum absolute atomic E-state index is 12.3. The number of hydrogen-bond acceptors (Lipinski definition) is 5. The molecule has 0 aliphatic carbocycles. The van der Waals surface area contributed by atoms with Crippen LogP contribution in [0.1, 0.15) is 28.6 Å². The second-order valence-corrected chi connectivity index (χ2v) is 5.59. The number of methoxy groups -OCH3 is 1. The van der Waals surface area contributed by atoms with Crippen molar-refractivity contribution in [3.63, 3.8) is 0 Å². The number of fused-ring (bicyclic) bond motifs is 1. The number of nitrogens with one attached hydrogen (secondary N) is 1. The monoisotopic (exact) mass is 352 g/mol. The minimum atomic E-state index is -0.395. The molecule has 1 aromatic heterocycles. The van der Waals surface area contributed by atoms with Crippen molar-refractivity contribution in [3.05, 3.63) is 59.4 Å². The number of carbonyl (C=O) groups is 1. The Labute approximate surface area is 151 Å². The minimum Gasteiger partial charge on any atom is -0.493 e. The summed E-state index contributed by atoms with van der Waals surface area (Å²) < 4.78 is 16.4. The zero-order valence-corrected chi connectivity index (χ0v) is 14.9. The summed E-state index contributed by atoms with van der Waals surface area (Å²) in [4.78, 5) is 12.3. The van der Waals surface area contributed by atoms with Gasteiger partial charge in [-0.05, 0) is 43.7 Å². The lowest BCUT2D eigenvalue weighted by atomic mass is 10.1. The Bertz CT molecular complexity index is 960. The zero-order valence-electron chi connectivity index (χ0n) is 14.9. The molecule has 0 aliphatic rings. The van der Waals surface area contributed by atoms with Crippen LogP contribution >= 0.6 is 0 Å². The molecule has 6 nitrogen and oxygen atoms in total. The topological polar surface area (TPSA) is 73.1 Å². The number of rotatable bonds is 6. The summed E-state index contributed by atoms with van der Waals surface area (Å²) in [5.41, 5.74) is 4.73. The normalized spacial score (nSPS) is 11.0. The summed E-state index contributed by atoms with van der Waals surface area (Å²) in [5.74, 6) is 1.13. The van der Waals surface area contributed by atoms with Crippen LogP contribution < -0.4 is 14.9 Å². The van der Waals surface area contributed by atoms with E-state index in [1.165, 1.54) is 6.21 Å². The molecule has 26 heavy (non-hydrogen) atoms. The van der Waals surface area contributed by atoms with Gasteiger partial charge in [0.2, 0.25) is 0 Å². The highest BCUT2D eigenvalue weighted by Gasteiger charge is 2.16. The van der Waals surface area contributed by atoms with E-state index in [1.807, 2.05) is 44.2 Å². The molecular weight excluding hydrogens is 332 g/mol. The third-order valence-corrected chi connectivity index (χ3v) is 3.92. The van der Waals surface area contributed by atoms with Crippen molar-refractivity contribution in [1.29, 1.82) is 0 Å². The Hall–Kier alpha value is -3.28. The average Bonchev–Trinajstić information content (AvgIpc) is 2.99. The highest BCUT2D eigenvalue weighted by molar-refractivity contribution is 5.99. The first-order valence-corrected chi connectivity index (χ1v) is 8.26. The largest absolute Gasteiger partial charge is 0.493 e.